The number of halogens is 1. The molecule has 1 N–H and O–H groups in total. The van der Waals surface area contributed by atoms with Crippen LogP contribution in [0.15, 0.2) is 24.7 Å². The first-order valence-electron chi connectivity index (χ1n) is 4.49. The largest absolute Gasteiger partial charge is 0.478 e. The zero-order chi connectivity index (χ0) is 11.7. The van der Waals surface area contributed by atoms with Crippen molar-refractivity contribution in [2.45, 2.75) is 6.92 Å². The van der Waals surface area contributed by atoms with Crippen LogP contribution in [-0.2, 0) is 0 Å². The predicted molar refractivity (Wildman–Crippen MR) is 58.1 cm³/mol. The summed E-state index contributed by atoms with van der Waals surface area (Å²) in [5.41, 5.74) is 0.957. The third-order valence-corrected chi connectivity index (χ3v) is 2.40. The Morgan fingerprint density at radius 3 is 2.88 bits per heavy atom. The first kappa shape index (κ1) is 10.6. The van der Waals surface area contributed by atoms with Crippen molar-refractivity contribution in [3.63, 3.8) is 0 Å². The predicted octanol–water partition coefficient (Wildman–Crippen LogP) is 1.93. The van der Waals surface area contributed by atoms with Crippen LogP contribution < -0.4 is 0 Å². The molecular formula is C10H8ClN3O2. The normalized spacial score (nSPS) is 10.4. The number of carbonyl (C=O) groups is 1. The van der Waals surface area contributed by atoms with Gasteiger partial charge in [-0.3, -0.25) is 0 Å². The Hall–Kier alpha value is -1.88. The van der Waals surface area contributed by atoms with Crippen LogP contribution in [-0.4, -0.2) is 25.8 Å². The third kappa shape index (κ3) is 1.77. The van der Waals surface area contributed by atoms with Crippen molar-refractivity contribution in [2.75, 3.05) is 0 Å². The van der Waals surface area contributed by atoms with Crippen LogP contribution in [0, 0.1) is 6.92 Å². The molecule has 2 aromatic heterocycles. The highest BCUT2D eigenvalue weighted by atomic mass is 35.5. The number of pyridine rings is 1. The number of hydrogen-bond donors (Lipinski definition) is 1. The highest BCUT2D eigenvalue weighted by Crippen LogP contribution is 2.22. The zero-order valence-corrected chi connectivity index (χ0v) is 9.14. The summed E-state index contributed by atoms with van der Waals surface area (Å²) in [7, 11) is 0. The monoisotopic (exact) mass is 237 g/mol. The van der Waals surface area contributed by atoms with Gasteiger partial charge >= 0.3 is 5.97 Å². The molecule has 2 heterocycles. The van der Waals surface area contributed by atoms with E-state index >= 15 is 0 Å². The second-order valence-corrected chi connectivity index (χ2v) is 3.64. The Labute approximate surface area is 96.3 Å². The van der Waals surface area contributed by atoms with E-state index in [1.807, 2.05) is 6.92 Å². The second kappa shape index (κ2) is 3.94. The average Bonchev–Trinajstić information content (AvgIpc) is 2.64. The average molecular weight is 238 g/mol. The molecule has 0 aliphatic heterocycles. The van der Waals surface area contributed by atoms with Crippen molar-refractivity contribution in [1.82, 2.24) is 14.8 Å². The van der Waals surface area contributed by atoms with Gasteiger partial charge in [0.05, 0.1) is 16.8 Å². The molecule has 0 radical (unpaired) electrons. The molecule has 0 saturated heterocycles. The molecule has 0 saturated carbocycles. The van der Waals surface area contributed by atoms with Crippen LogP contribution in [0.5, 0.6) is 0 Å². The molecule has 5 nitrogen and oxygen atoms in total. The van der Waals surface area contributed by atoms with Gasteiger partial charge < -0.3 is 5.11 Å². The number of hydrogen-bond acceptors (Lipinski definition) is 3. The van der Waals surface area contributed by atoms with Gasteiger partial charge in [-0.15, -0.1) is 0 Å². The quantitative estimate of drug-likeness (QED) is 0.867. The number of nitrogens with zero attached hydrogens (tertiary/aromatic N) is 3. The highest BCUT2D eigenvalue weighted by Gasteiger charge is 2.14. The number of aromatic carboxylic acids is 1. The maximum atomic E-state index is 10.9. The number of carboxylic acids is 1. The summed E-state index contributed by atoms with van der Waals surface area (Å²) in [4.78, 5) is 14.9. The van der Waals surface area contributed by atoms with Crippen LogP contribution in [0.2, 0.25) is 5.02 Å². The van der Waals surface area contributed by atoms with Crippen LogP contribution >= 0.6 is 11.6 Å². The van der Waals surface area contributed by atoms with E-state index < -0.39 is 5.97 Å². The maximum absolute atomic E-state index is 10.9. The first-order valence-corrected chi connectivity index (χ1v) is 4.87. The lowest BCUT2D eigenvalue weighted by Crippen LogP contribution is -2.04. The van der Waals surface area contributed by atoms with E-state index in [4.69, 9.17) is 16.7 Å². The lowest BCUT2D eigenvalue weighted by atomic mass is 10.2. The van der Waals surface area contributed by atoms with Gasteiger partial charge in [0.15, 0.2) is 5.82 Å². The van der Waals surface area contributed by atoms with Crippen molar-refractivity contribution in [3.05, 3.63) is 40.8 Å². The Morgan fingerprint density at radius 2 is 2.31 bits per heavy atom. The highest BCUT2D eigenvalue weighted by molar-refractivity contribution is 6.35. The number of aromatic nitrogens is 3. The lowest BCUT2D eigenvalue weighted by Gasteiger charge is -2.04. The summed E-state index contributed by atoms with van der Waals surface area (Å²) in [6.07, 6.45) is 4.76. The topological polar surface area (TPSA) is 68.0 Å². The van der Waals surface area contributed by atoms with Crippen molar-refractivity contribution in [2.24, 2.45) is 0 Å². The Kier molecular flexibility index (Phi) is 2.62. The standard InChI is InChI=1S/C10H8ClN3O2/c1-6-4-13-14(5-6)9-8(11)7(10(15)16)2-3-12-9/h2-5H,1H3,(H,15,16). The number of rotatable bonds is 2. The van der Waals surface area contributed by atoms with Gasteiger partial charge in [0.1, 0.15) is 0 Å². The van der Waals surface area contributed by atoms with Crippen molar-refractivity contribution in [1.29, 1.82) is 0 Å². The fourth-order valence-electron chi connectivity index (χ4n) is 1.29. The molecule has 0 aliphatic rings. The van der Waals surface area contributed by atoms with E-state index in [9.17, 15) is 4.79 Å². The van der Waals surface area contributed by atoms with Gasteiger partial charge in [0.2, 0.25) is 0 Å². The molecule has 6 heteroatoms. The van der Waals surface area contributed by atoms with Crippen molar-refractivity contribution >= 4 is 17.6 Å². The number of aryl methyl sites for hydroxylation is 1. The minimum atomic E-state index is -1.09. The molecule has 2 rings (SSSR count). The van der Waals surface area contributed by atoms with E-state index in [-0.39, 0.29) is 10.6 Å². The SMILES string of the molecule is Cc1cnn(-c2nccc(C(=O)O)c2Cl)c1. The van der Waals surface area contributed by atoms with Crippen LogP contribution in [0.1, 0.15) is 15.9 Å². The van der Waals surface area contributed by atoms with Gasteiger partial charge in [0, 0.05) is 12.4 Å². The van der Waals surface area contributed by atoms with E-state index in [0.717, 1.165) is 5.56 Å². The van der Waals surface area contributed by atoms with Gasteiger partial charge in [-0.05, 0) is 18.6 Å². The summed E-state index contributed by atoms with van der Waals surface area (Å²) in [6.45, 7) is 1.87. The van der Waals surface area contributed by atoms with Crippen LogP contribution in [0.3, 0.4) is 0 Å². The van der Waals surface area contributed by atoms with Crippen LogP contribution in [0.25, 0.3) is 5.82 Å². The Balaban J connectivity index is 2.58. The fraction of sp³-hybridized carbons (Fsp3) is 0.100. The van der Waals surface area contributed by atoms with Gasteiger partial charge in [-0.2, -0.15) is 5.10 Å². The van der Waals surface area contributed by atoms with Crippen molar-refractivity contribution in [3.8, 4) is 5.82 Å². The van der Waals surface area contributed by atoms with E-state index in [1.165, 1.54) is 16.9 Å². The fourth-order valence-corrected chi connectivity index (χ4v) is 1.57. The number of carboxylic acid groups (broad SMARTS) is 1. The summed E-state index contributed by atoms with van der Waals surface area (Å²) in [6, 6.07) is 1.35. The molecule has 0 aliphatic carbocycles. The molecule has 82 valence electrons. The second-order valence-electron chi connectivity index (χ2n) is 3.26. The lowest BCUT2D eigenvalue weighted by molar-refractivity contribution is 0.0697. The molecule has 0 atom stereocenters. The van der Waals surface area contributed by atoms with Crippen molar-refractivity contribution < 1.29 is 9.90 Å². The molecule has 0 amide bonds. The molecule has 0 aromatic carbocycles. The minimum absolute atomic E-state index is 0.0137. The summed E-state index contributed by atoms with van der Waals surface area (Å²) >= 11 is 5.94. The maximum Gasteiger partial charge on any atom is 0.337 e. The van der Waals surface area contributed by atoms with Crippen LogP contribution in [0.4, 0.5) is 0 Å². The van der Waals surface area contributed by atoms with Gasteiger partial charge in [-0.1, -0.05) is 11.6 Å². The summed E-state index contributed by atoms with van der Waals surface area (Å²) < 4.78 is 1.45. The molecule has 0 spiro atoms. The van der Waals surface area contributed by atoms with E-state index in [1.54, 1.807) is 12.4 Å². The van der Waals surface area contributed by atoms with Gasteiger partial charge in [-0.25, -0.2) is 14.5 Å². The molecule has 0 unspecified atom stereocenters. The summed E-state index contributed by atoms with van der Waals surface area (Å²) in [5, 5.41) is 13.0. The molecular weight excluding hydrogens is 230 g/mol. The summed E-state index contributed by atoms with van der Waals surface area (Å²) in [5.74, 6) is -0.771. The Morgan fingerprint density at radius 1 is 1.56 bits per heavy atom. The first-order chi connectivity index (χ1) is 7.59. The van der Waals surface area contributed by atoms with E-state index in [0.29, 0.717) is 5.82 Å². The third-order valence-electron chi connectivity index (χ3n) is 2.03. The molecule has 2 aromatic rings. The smallest absolute Gasteiger partial charge is 0.337 e. The molecule has 0 bridgehead atoms. The Bertz CT molecular complexity index is 551. The minimum Gasteiger partial charge on any atom is -0.478 e. The zero-order valence-electron chi connectivity index (χ0n) is 8.38. The molecule has 0 fully saturated rings. The van der Waals surface area contributed by atoms with Gasteiger partial charge in [0.25, 0.3) is 0 Å². The molecule has 16 heavy (non-hydrogen) atoms. The van der Waals surface area contributed by atoms with E-state index in [2.05, 4.69) is 10.1 Å².